The first-order valence-electron chi connectivity index (χ1n) is 5.64. The van der Waals surface area contributed by atoms with Gasteiger partial charge in [0, 0.05) is 15.8 Å². The van der Waals surface area contributed by atoms with Crippen LogP contribution in [0.2, 0.25) is 0 Å². The first kappa shape index (κ1) is 14.0. The van der Waals surface area contributed by atoms with Crippen LogP contribution in [-0.4, -0.2) is 5.11 Å². The molecule has 0 heterocycles. The van der Waals surface area contributed by atoms with Gasteiger partial charge in [0.2, 0.25) is 0 Å². The number of benzene rings is 2. The zero-order valence-electron chi connectivity index (χ0n) is 10.2. The van der Waals surface area contributed by atoms with Crippen LogP contribution in [0.4, 0.5) is 15.8 Å². The molecule has 2 rings (SSSR count). The van der Waals surface area contributed by atoms with Gasteiger partial charge in [-0.25, -0.2) is 4.39 Å². The van der Waals surface area contributed by atoms with Gasteiger partial charge in [-0.05, 0) is 55.0 Å². The van der Waals surface area contributed by atoms with Crippen molar-refractivity contribution in [3.05, 3.63) is 58.3 Å². The molecule has 5 heteroatoms. The monoisotopic (exact) mass is 338 g/mol. The summed E-state index contributed by atoms with van der Waals surface area (Å²) in [4.78, 5) is 0. The first-order chi connectivity index (χ1) is 9.04. The molecule has 0 aliphatic rings. The van der Waals surface area contributed by atoms with Crippen LogP contribution in [-0.2, 0) is 0 Å². The summed E-state index contributed by atoms with van der Waals surface area (Å²) in [5.41, 5.74) is 2.45. The molecule has 0 radical (unpaired) electrons. The van der Waals surface area contributed by atoms with Crippen molar-refractivity contribution in [2.24, 2.45) is 0 Å². The van der Waals surface area contributed by atoms with Gasteiger partial charge in [-0.3, -0.25) is 0 Å². The van der Waals surface area contributed by atoms with Crippen LogP contribution in [0.1, 0.15) is 5.56 Å². The lowest BCUT2D eigenvalue weighted by Crippen LogP contribution is -2.19. The van der Waals surface area contributed by atoms with Crippen molar-refractivity contribution in [1.82, 2.24) is 0 Å². The molecule has 0 spiro atoms. The molecule has 98 valence electrons. The van der Waals surface area contributed by atoms with Crippen molar-refractivity contribution < 1.29 is 4.39 Å². The third-order valence-corrected chi connectivity index (χ3v) is 3.23. The number of anilines is 2. The van der Waals surface area contributed by atoms with Crippen LogP contribution in [0.15, 0.2) is 46.9 Å². The van der Waals surface area contributed by atoms with Gasteiger partial charge in [-0.15, -0.1) is 0 Å². The zero-order valence-corrected chi connectivity index (χ0v) is 12.6. The number of hydrogen-bond donors (Lipinski definition) is 2. The molecule has 0 atom stereocenters. The number of nitrogens with one attached hydrogen (secondary N) is 2. The number of aryl methyl sites for hydroxylation is 1. The molecule has 0 bridgehead atoms. The van der Waals surface area contributed by atoms with Crippen LogP contribution in [0, 0.1) is 12.7 Å². The van der Waals surface area contributed by atoms with Gasteiger partial charge in [0.25, 0.3) is 0 Å². The normalized spacial score (nSPS) is 10.1. The van der Waals surface area contributed by atoms with Crippen molar-refractivity contribution in [3.63, 3.8) is 0 Å². The molecule has 0 saturated carbocycles. The molecule has 2 aromatic rings. The van der Waals surface area contributed by atoms with E-state index in [1.165, 1.54) is 12.1 Å². The smallest absolute Gasteiger partial charge is 0.175 e. The van der Waals surface area contributed by atoms with Gasteiger partial charge in [-0.2, -0.15) is 0 Å². The van der Waals surface area contributed by atoms with E-state index in [4.69, 9.17) is 12.2 Å². The third-order valence-electron chi connectivity index (χ3n) is 2.53. The predicted octanol–water partition coefficient (Wildman–Crippen LogP) is 4.71. The quantitative estimate of drug-likeness (QED) is 0.775. The van der Waals surface area contributed by atoms with E-state index in [0.29, 0.717) is 10.8 Å². The Morgan fingerprint density at radius 2 is 1.95 bits per heavy atom. The zero-order chi connectivity index (χ0) is 13.8. The number of thiocarbonyl (C=S) groups is 1. The van der Waals surface area contributed by atoms with Gasteiger partial charge < -0.3 is 10.6 Å². The Morgan fingerprint density at radius 1 is 1.16 bits per heavy atom. The van der Waals surface area contributed by atoms with E-state index in [0.717, 1.165) is 15.7 Å². The van der Waals surface area contributed by atoms with Gasteiger partial charge in [0.05, 0.1) is 0 Å². The highest BCUT2D eigenvalue weighted by Gasteiger charge is 2.03. The highest BCUT2D eigenvalue weighted by Crippen LogP contribution is 2.18. The van der Waals surface area contributed by atoms with Crippen molar-refractivity contribution in [2.45, 2.75) is 6.92 Å². The Labute approximate surface area is 125 Å². The van der Waals surface area contributed by atoms with E-state index in [-0.39, 0.29) is 5.82 Å². The average Bonchev–Trinajstić information content (AvgIpc) is 2.34. The minimum absolute atomic E-state index is 0.293. The lowest BCUT2D eigenvalue weighted by Gasteiger charge is -2.12. The van der Waals surface area contributed by atoms with Gasteiger partial charge in [0.1, 0.15) is 5.82 Å². The van der Waals surface area contributed by atoms with E-state index < -0.39 is 0 Å². The molecule has 0 aliphatic heterocycles. The van der Waals surface area contributed by atoms with Crippen molar-refractivity contribution in [1.29, 1.82) is 0 Å². The SMILES string of the molecule is Cc1ccc(F)cc1NC(=S)Nc1cccc(Br)c1. The molecule has 2 aromatic carbocycles. The summed E-state index contributed by atoms with van der Waals surface area (Å²) in [5, 5.41) is 6.45. The van der Waals surface area contributed by atoms with Gasteiger partial charge in [-0.1, -0.05) is 28.1 Å². The molecule has 0 unspecified atom stereocenters. The second kappa shape index (κ2) is 6.12. The third kappa shape index (κ3) is 4.01. The minimum Gasteiger partial charge on any atom is -0.332 e. The highest BCUT2D eigenvalue weighted by molar-refractivity contribution is 9.10. The summed E-state index contributed by atoms with van der Waals surface area (Å²) in [5.74, 6) is -0.293. The van der Waals surface area contributed by atoms with Crippen LogP contribution in [0.5, 0.6) is 0 Å². The standard InChI is InChI=1S/C14H12BrFN2S/c1-9-5-6-11(16)8-13(9)18-14(19)17-12-4-2-3-10(15)7-12/h2-8H,1H3,(H2,17,18,19). The number of hydrogen-bond acceptors (Lipinski definition) is 1. The second-order valence-corrected chi connectivity index (χ2v) is 5.37. The first-order valence-corrected chi connectivity index (χ1v) is 6.84. The minimum atomic E-state index is -0.293. The molecule has 0 fully saturated rings. The maximum Gasteiger partial charge on any atom is 0.175 e. The molecule has 2 nitrogen and oxygen atoms in total. The molecule has 19 heavy (non-hydrogen) atoms. The highest BCUT2D eigenvalue weighted by atomic mass is 79.9. The van der Waals surface area contributed by atoms with Crippen LogP contribution < -0.4 is 10.6 Å². The van der Waals surface area contributed by atoms with Crippen LogP contribution in [0.3, 0.4) is 0 Å². The van der Waals surface area contributed by atoms with Crippen LogP contribution in [0.25, 0.3) is 0 Å². The predicted molar refractivity (Wildman–Crippen MR) is 85.1 cm³/mol. The lowest BCUT2D eigenvalue weighted by molar-refractivity contribution is 0.628. The largest absolute Gasteiger partial charge is 0.332 e. The number of rotatable bonds is 2. The Kier molecular flexibility index (Phi) is 4.50. The number of halogens is 2. The molecule has 2 N–H and O–H groups in total. The van der Waals surface area contributed by atoms with Crippen LogP contribution >= 0.6 is 28.1 Å². The van der Waals surface area contributed by atoms with Gasteiger partial charge in [0.15, 0.2) is 5.11 Å². The van der Waals surface area contributed by atoms with Crippen molar-refractivity contribution >= 4 is 44.6 Å². The fourth-order valence-corrected chi connectivity index (χ4v) is 2.21. The van der Waals surface area contributed by atoms with E-state index in [1.54, 1.807) is 6.07 Å². The molecule has 0 saturated heterocycles. The molecule has 0 amide bonds. The summed E-state index contributed by atoms with van der Waals surface area (Å²) >= 11 is 8.59. The Bertz CT molecular complexity index is 616. The van der Waals surface area contributed by atoms with Crippen molar-refractivity contribution in [2.75, 3.05) is 10.6 Å². The molecule has 0 aromatic heterocycles. The topological polar surface area (TPSA) is 24.1 Å². The molecular formula is C14H12BrFN2S. The summed E-state index contributed by atoms with van der Waals surface area (Å²) < 4.78 is 14.1. The van der Waals surface area contributed by atoms with E-state index in [1.807, 2.05) is 31.2 Å². The lowest BCUT2D eigenvalue weighted by atomic mass is 10.2. The Hall–Kier alpha value is -1.46. The van der Waals surface area contributed by atoms with Gasteiger partial charge >= 0.3 is 0 Å². The summed E-state index contributed by atoms with van der Waals surface area (Å²) in [6.45, 7) is 1.89. The molecule has 0 aliphatic carbocycles. The fourth-order valence-electron chi connectivity index (χ4n) is 1.58. The van der Waals surface area contributed by atoms with E-state index >= 15 is 0 Å². The maximum absolute atomic E-state index is 13.2. The maximum atomic E-state index is 13.2. The summed E-state index contributed by atoms with van der Waals surface area (Å²) in [6, 6.07) is 12.2. The Balaban J connectivity index is 2.07. The molecular weight excluding hydrogens is 327 g/mol. The Morgan fingerprint density at radius 3 is 2.68 bits per heavy atom. The fraction of sp³-hybridized carbons (Fsp3) is 0.0714. The average molecular weight is 339 g/mol. The van der Waals surface area contributed by atoms with E-state index in [9.17, 15) is 4.39 Å². The van der Waals surface area contributed by atoms with E-state index in [2.05, 4.69) is 26.6 Å². The summed E-state index contributed by atoms with van der Waals surface area (Å²) in [7, 11) is 0. The second-order valence-electron chi connectivity index (χ2n) is 4.05. The van der Waals surface area contributed by atoms with Crippen molar-refractivity contribution in [3.8, 4) is 0 Å². The summed E-state index contributed by atoms with van der Waals surface area (Å²) in [6.07, 6.45) is 0.